The van der Waals surface area contributed by atoms with Gasteiger partial charge in [0.05, 0.1) is 0 Å². The molecule has 0 bridgehead atoms. The molecule has 1 aliphatic carbocycles. The largest absolute Gasteiger partial charge is 0.573 e. The van der Waals surface area contributed by atoms with E-state index in [4.69, 9.17) is 0 Å². The van der Waals surface area contributed by atoms with Crippen molar-refractivity contribution in [3.05, 3.63) is 66.0 Å². The Morgan fingerprint density at radius 3 is 2.14 bits per heavy atom. The van der Waals surface area contributed by atoms with Crippen LogP contribution in [0.4, 0.5) is 22.0 Å². The molecule has 0 spiro atoms. The molecular weight excluding hydrogens is 387 g/mol. The Bertz CT molecular complexity index is 818. The van der Waals surface area contributed by atoms with Gasteiger partial charge in [-0.2, -0.15) is 0 Å². The second-order valence-corrected chi connectivity index (χ2v) is 7.39. The third-order valence-corrected chi connectivity index (χ3v) is 5.44. The zero-order valence-electron chi connectivity index (χ0n) is 15.9. The van der Waals surface area contributed by atoms with Gasteiger partial charge in [-0.05, 0) is 72.8 Å². The molecule has 2 aromatic carbocycles. The summed E-state index contributed by atoms with van der Waals surface area (Å²) >= 11 is 0. The summed E-state index contributed by atoms with van der Waals surface area (Å²) in [5.74, 6) is -0.821. The number of rotatable bonds is 6. The first-order chi connectivity index (χ1) is 13.9. The molecule has 1 saturated carbocycles. The Kier molecular flexibility index (Phi) is 6.93. The molecular formula is C23H23F5O. The van der Waals surface area contributed by atoms with E-state index < -0.39 is 24.6 Å². The molecule has 0 radical (unpaired) electrons. The summed E-state index contributed by atoms with van der Waals surface area (Å²) in [5.41, 5.74) is 2.44. The van der Waals surface area contributed by atoms with Gasteiger partial charge < -0.3 is 4.74 Å². The highest BCUT2D eigenvalue weighted by Crippen LogP contribution is 2.38. The van der Waals surface area contributed by atoms with Gasteiger partial charge in [-0.25, -0.2) is 8.78 Å². The van der Waals surface area contributed by atoms with E-state index >= 15 is 0 Å². The highest BCUT2D eigenvalue weighted by Gasteiger charge is 2.32. The summed E-state index contributed by atoms with van der Waals surface area (Å²) in [4.78, 5) is 0. The number of alkyl halides is 4. The molecule has 0 heterocycles. The summed E-state index contributed by atoms with van der Waals surface area (Å²) in [6, 6.07) is 11.2. The average molecular weight is 410 g/mol. The minimum atomic E-state index is -4.92. The summed E-state index contributed by atoms with van der Waals surface area (Å²) in [5, 5.41) is 0. The molecule has 0 saturated heterocycles. The van der Waals surface area contributed by atoms with Crippen LogP contribution in [0.1, 0.15) is 43.6 Å². The van der Waals surface area contributed by atoms with E-state index in [-0.39, 0.29) is 0 Å². The number of allylic oxidation sites excluding steroid dienone is 2. The lowest BCUT2D eigenvalue weighted by molar-refractivity contribution is -0.275. The fourth-order valence-corrected chi connectivity index (χ4v) is 3.92. The van der Waals surface area contributed by atoms with E-state index in [1.54, 1.807) is 6.08 Å². The molecule has 0 N–H and O–H groups in total. The summed E-state index contributed by atoms with van der Waals surface area (Å²) in [6.07, 6.45) is 3.85. The number of benzene rings is 2. The third-order valence-electron chi connectivity index (χ3n) is 5.44. The topological polar surface area (TPSA) is 9.23 Å². The van der Waals surface area contributed by atoms with Crippen LogP contribution in [0.2, 0.25) is 0 Å². The third kappa shape index (κ3) is 6.05. The van der Waals surface area contributed by atoms with Crippen LogP contribution in [0.5, 0.6) is 5.75 Å². The standard InChI is InChI=1S/C23H23F5O/c24-14-2-1-3-16-4-6-17(7-5-16)18-8-10-19(11-9-18)20-12-13-22(21(25)15-20)29-23(26,27)28/h1-2,8-13,15-17H,3-7,14H2/b2-1+. The van der Waals surface area contributed by atoms with Gasteiger partial charge in [-0.15, -0.1) is 13.2 Å². The van der Waals surface area contributed by atoms with Crippen LogP contribution in [0.3, 0.4) is 0 Å². The highest BCUT2D eigenvalue weighted by atomic mass is 19.4. The van der Waals surface area contributed by atoms with E-state index in [1.165, 1.54) is 11.6 Å². The molecule has 156 valence electrons. The normalized spacial score (nSPS) is 20.2. The SMILES string of the molecule is FC/C=C/CC1CCC(c2ccc(-c3ccc(OC(F)(F)F)c(F)c3)cc2)CC1. The Hall–Kier alpha value is -2.37. The van der Waals surface area contributed by atoms with Gasteiger partial charge in [0.2, 0.25) is 0 Å². The van der Waals surface area contributed by atoms with Crippen molar-refractivity contribution >= 4 is 0 Å². The first kappa shape index (κ1) is 21.3. The van der Waals surface area contributed by atoms with Gasteiger partial charge in [0, 0.05) is 0 Å². The van der Waals surface area contributed by atoms with E-state index in [2.05, 4.69) is 4.74 Å². The van der Waals surface area contributed by atoms with Gasteiger partial charge >= 0.3 is 6.36 Å². The highest BCUT2D eigenvalue weighted by molar-refractivity contribution is 5.64. The molecule has 1 nitrogen and oxygen atoms in total. The average Bonchev–Trinajstić information content (AvgIpc) is 2.69. The monoisotopic (exact) mass is 410 g/mol. The van der Waals surface area contributed by atoms with Crippen molar-refractivity contribution in [2.24, 2.45) is 5.92 Å². The van der Waals surface area contributed by atoms with Crippen molar-refractivity contribution < 1.29 is 26.7 Å². The Labute approximate surface area is 167 Å². The van der Waals surface area contributed by atoms with Crippen molar-refractivity contribution in [2.75, 3.05) is 6.67 Å². The van der Waals surface area contributed by atoms with Gasteiger partial charge in [-0.3, -0.25) is 0 Å². The van der Waals surface area contributed by atoms with Crippen LogP contribution in [0.25, 0.3) is 11.1 Å². The first-order valence-corrected chi connectivity index (χ1v) is 9.72. The van der Waals surface area contributed by atoms with Crippen molar-refractivity contribution in [1.82, 2.24) is 0 Å². The molecule has 0 atom stereocenters. The van der Waals surface area contributed by atoms with Gasteiger partial charge in [0.25, 0.3) is 0 Å². The maximum absolute atomic E-state index is 13.9. The Morgan fingerprint density at radius 2 is 1.55 bits per heavy atom. The van der Waals surface area contributed by atoms with Crippen molar-refractivity contribution in [3.63, 3.8) is 0 Å². The number of ether oxygens (including phenoxy) is 1. The van der Waals surface area contributed by atoms with Crippen LogP contribution in [-0.2, 0) is 0 Å². The van der Waals surface area contributed by atoms with Crippen LogP contribution < -0.4 is 4.74 Å². The molecule has 29 heavy (non-hydrogen) atoms. The van der Waals surface area contributed by atoms with Crippen LogP contribution in [0, 0.1) is 11.7 Å². The lowest BCUT2D eigenvalue weighted by atomic mass is 9.77. The van der Waals surface area contributed by atoms with Crippen LogP contribution in [-0.4, -0.2) is 13.0 Å². The first-order valence-electron chi connectivity index (χ1n) is 9.72. The lowest BCUT2D eigenvalue weighted by Gasteiger charge is -2.28. The number of halogens is 5. The molecule has 0 aromatic heterocycles. The van der Waals surface area contributed by atoms with E-state index in [0.717, 1.165) is 49.8 Å². The molecule has 1 fully saturated rings. The summed E-state index contributed by atoms with van der Waals surface area (Å²) < 4.78 is 66.5. The maximum Gasteiger partial charge on any atom is 0.573 e. The van der Waals surface area contributed by atoms with Crippen LogP contribution >= 0.6 is 0 Å². The number of hydrogen-bond donors (Lipinski definition) is 0. The minimum Gasteiger partial charge on any atom is -0.403 e. The summed E-state index contributed by atoms with van der Waals surface area (Å²) in [7, 11) is 0. The van der Waals surface area contributed by atoms with Crippen molar-refractivity contribution in [3.8, 4) is 16.9 Å². The zero-order chi connectivity index (χ0) is 20.9. The second-order valence-electron chi connectivity index (χ2n) is 7.39. The van der Waals surface area contributed by atoms with E-state index in [9.17, 15) is 22.0 Å². The van der Waals surface area contributed by atoms with Gasteiger partial charge in [0.1, 0.15) is 6.67 Å². The fraction of sp³-hybridized carbons (Fsp3) is 0.391. The van der Waals surface area contributed by atoms with Gasteiger partial charge in [0.15, 0.2) is 11.6 Å². The van der Waals surface area contributed by atoms with Crippen molar-refractivity contribution in [1.29, 1.82) is 0 Å². The fourth-order valence-electron chi connectivity index (χ4n) is 3.92. The molecule has 0 aliphatic heterocycles. The van der Waals surface area contributed by atoms with E-state index in [0.29, 0.717) is 17.4 Å². The molecule has 6 heteroatoms. The Balaban J connectivity index is 1.62. The van der Waals surface area contributed by atoms with Crippen molar-refractivity contribution in [2.45, 2.75) is 44.4 Å². The summed E-state index contributed by atoms with van der Waals surface area (Å²) in [6.45, 7) is -0.413. The van der Waals surface area contributed by atoms with Gasteiger partial charge in [-0.1, -0.05) is 42.5 Å². The molecule has 3 rings (SSSR count). The molecule has 0 unspecified atom stereocenters. The van der Waals surface area contributed by atoms with E-state index in [1.807, 2.05) is 30.3 Å². The molecule has 2 aromatic rings. The maximum atomic E-state index is 13.9. The zero-order valence-corrected chi connectivity index (χ0v) is 15.9. The molecule has 0 amide bonds. The minimum absolute atomic E-state index is 0.413. The molecule has 1 aliphatic rings. The predicted octanol–water partition coefficient (Wildman–Crippen LogP) is 7.58. The quantitative estimate of drug-likeness (QED) is 0.352. The lowest BCUT2D eigenvalue weighted by Crippen LogP contribution is -2.17. The second kappa shape index (κ2) is 9.42. The predicted molar refractivity (Wildman–Crippen MR) is 103 cm³/mol. The van der Waals surface area contributed by atoms with Crippen LogP contribution in [0.15, 0.2) is 54.6 Å². The smallest absolute Gasteiger partial charge is 0.403 e. The number of hydrogen-bond acceptors (Lipinski definition) is 1. The Morgan fingerprint density at radius 1 is 0.897 bits per heavy atom.